The number of nitro benzene ring substituents is 1. The molecule has 3 rings (SSSR count). The van der Waals surface area contributed by atoms with Gasteiger partial charge in [-0.15, -0.1) is 21.5 Å². The quantitative estimate of drug-likeness (QED) is 0.497. The van der Waals surface area contributed by atoms with E-state index in [1.54, 1.807) is 29.5 Å². The number of thiophene rings is 1. The number of hydrogen-bond acceptors (Lipinski definition) is 8. The molecule has 0 unspecified atom stereocenters. The van der Waals surface area contributed by atoms with Gasteiger partial charge >= 0.3 is 0 Å². The van der Waals surface area contributed by atoms with Crippen LogP contribution in [0, 0.1) is 10.1 Å². The lowest BCUT2D eigenvalue weighted by Gasteiger charge is -1.99. The fourth-order valence-corrected chi connectivity index (χ4v) is 4.41. The molecule has 0 aliphatic rings. The summed E-state index contributed by atoms with van der Waals surface area (Å²) < 4.78 is 0.679. The average molecular weight is 364 g/mol. The molecule has 23 heavy (non-hydrogen) atoms. The van der Waals surface area contributed by atoms with Crippen LogP contribution in [0.1, 0.15) is 4.88 Å². The van der Waals surface area contributed by atoms with Crippen LogP contribution >= 0.6 is 34.4 Å². The van der Waals surface area contributed by atoms with E-state index in [4.69, 9.17) is 0 Å². The van der Waals surface area contributed by atoms with Gasteiger partial charge in [0.25, 0.3) is 5.69 Å². The van der Waals surface area contributed by atoms with Crippen molar-refractivity contribution in [3.63, 3.8) is 0 Å². The van der Waals surface area contributed by atoms with Crippen molar-refractivity contribution in [3.05, 3.63) is 56.8 Å². The molecule has 0 saturated heterocycles. The summed E-state index contributed by atoms with van der Waals surface area (Å²) in [6, 6.07) is 10.8. The molecule has 2 heterocycles. The number of hydrogen-bond donors (Lipinski definition) is 1. The number of para-hydroxylation sites is 1. The Labute approximate surface area is 144 Å². The number of nitro groups is 1. The van der Waals surface area contributed by atoms with Gasteiger partial charge in [0, 0.05) is 17.5 Å². The van der Waals surface area contributed by atoms with Crippen molar-refractivity contribution < 1.29 is 4.92 Å². The second-order valence-corrected chi connectivity index (χ2v) is 7.75. The van der Waals surface area contributed by atoms with Gasteiger partial charge in [0.05, 0.1) is 9.82 Å². The predicted octanol–water partition coefficient (Wildman–Crippen LogP) is 4.31. The van der Waals surface area contributed by atoms with Crippen molar-refractivity contribution in [1.82, 2.24) is 10.2 Å². The van der Waals surface area contributed by atoms with Crippen molar-refractivity contribution in [2.24, 2.45) is 0 Å². The van der Waals surface area contributed by atoms with Gasteiger partial charge in [-0.3, -0.25) is 10.1 Å². The molecule has 0 fully saturated rings. The zero-order valence-electron chi connectivity index (χ0n) is 11.8. The Kier molecular flexibility index (Phi) is 5.21. The van der Waals surface area contributed by atoms with Crippen LogP contribution in [0.15, 0.2) is 51.0 Å². The van der Waals surface area contributed by atoms with Gasteiger partial charge in [-0.1, -0.05) is 29.5 Å². The van der Waals surface area contributed by atoms with E-state index < -0.39 is 0 Å². The summed E-state index contributed by atoms with van der Waals surface area (Å²) in [5.41, 5.74) is 0.0832. The SMILES string of the molecule is O=[N+]([O-])c1ccccc1Sc1nnc(NCCc2cccs2)s1. The molecule has 3 aromatic rings. The number of aromatic nitrogens is 2. The largest absolute Gasteiger partial charge is 0.360 e. The third kappa shape index (κ3) is 4.27. The van der Waals surface area contributed by atoms with E-state index in [1.165, 1.54) is 34.0 Å². The van der Waals surface area contributed by atoms with Gasteiger partial charge < -0.3 is 5.32 Å². The summed E-state index contributed by atoms with van der Waals surface area (Å²) in [5, 5.41) is 25.2. The molecule has 0 aliphatic heterocycles. The summed E-state index contributed by atoms with van der Waals surface area (Å²) in [7, 11) is 0. The van der Waals surface area contributed by atoms with Crippen LogP contribution in [0.25, 0.3) is 0 Å². The highest BCUT2D eigenvalue weighted by Crippen LogP contribution is 2.36. The van der Waals surface area contributed by atoms with Crippen molar-refractivity contribution in [1.29, 1.82) is 0 Å². The van der Waals surface area contributed by atoms with Gasteiger partial charge in [-0.2, -0.15) is 0 Å². The van der Waals surface area contributed by atoms with Crippen molar-refractivity contribution in [3.8, 4) is 0 Å². The lowest BCUT2D eigenvalue weighted by Crippen LogP contribution is -2.03. The first kappa shape index (κ1) is 15.9. The van der Waals surface area contributed by atoms with Crippen LogP contribution in [-0.4, -0.2) is 21.7 Å². The Morgan fingerprint density at radius 3 is 2.87 bits per heavy atom. The summed E-state index contributed by atoms with van der Waals surface area (Å²) in [6.45, 7) is 0.783. The van der Waals surface area contributed by atoms with Crippen LogP contribution in [0.5, 0.6) is 0 Å². The first-order valence-electron chi connectivity index (χ1n) is 6.73. The summed E-state index contributed by atoms with van der Waals surface area (Å²) >= 11 is 4.38. The molecule has 0 aliphatic carbocycles. The average Bonchev–Trinajstić information content (AvgIpc) is 3.20. The Morgan fingerprint density at radius 2 is 2.09 bits per heavy atom. The lowest BCUT2D eigenvalue weighted by atomic mass is 10.3. The standard InChI is InChI=1S/C14H12N4O2S3/c19-18(20)11-5-1-2-6-12(11)22-14-17-16-13(23-14)15-8-7-10-4-3-9-21-10/h1-6,9H,7-8H2,(H,15,16). The van der Waals surface area contributed by atoms with E-state index in [9.17, 15) is 10.1 Å². The van der Waals surface area contributed by atoms with Crippen molar-refractivity contribution in [2.45, 2.75) is 15.7 Å². The van der Waals surface area contributed by atoms with E-state index in [0.717, 1.165) is 18.1 Å². The maximum Gasteiger partial charge on any atom is 0.283 e. The topological polar surface area (TPSA) is 81.0 Å². The first-order chi connectivity index (χ1) is 11.2. The molecule has 2 aromatic heterocycles. The smallest absolute Gasteiger partial charge is 0.283 e. The zero-order valence-corrected chi connectivity index (χ0v) is 14.3. The second-order valence-electron chi connectivity index (χ2n) is 4.46. The van der Waals surface area contributed by atoms with Crippen molar-refractivity contribution in [2.75, 3.05) is 11.9 Å². The molecule has 6 nitrogen and oxygen atoms in total. The molecule has 0 radical (unpaired) electrons. The van der Waals surface area contributed by atoms with Gasteiger partial charge in [0.1, 0.15) is 0 Å². The number of rotatable bonds is 7. The highest BCUT2D eigenvalue weighted by atomic mass is 32.2. The fraction of sp³-hybridized carbons (Fsp3) is 0.143. The maximum atomic E-state index is 11.0. The Hall–Kier alpha value is -1.97. The molecule has 1 aromatic carbocycles. The molecule has 0 bridgehead atoms. The molecule has 0 spiro atoms. The van der Waals surface area contributed by atoms with Crippen LogP contribution in [0.4, 0.5) is 10.8 Å². The van der Waals surface area contributed by atoms with Crippen LogP contribution in [-0.2, 0) is 6.42 Å². The predicted molar refractivity (Wildman–Crippen MR) is 93.6 cm³/mol. The number of benzene rings is 1. The Balaban J connectivity index is 1.60. The van der Waals surface area contributed by atoms with E-state index >= 15 is 0 Å². The van der Waals surface area contributed by atoms with Crippen LogP contribution in [0.3, 0.4) is 0 Å². The highest BCUT2D eigenvalue weighted by molar-refractivity contribution is 8.01. The summed E-state index contributed by atoms with van der Waals surface area (Å²) in [4.78, 5) is 12.5. The second kappa shape index (κ2) is 7.53. The van der Waals surface area contributed by atoms with E-state index in [0.29, 0.717) is 9.24 Å². The minimum Gasteiger partial charge on any atom is -0.360 e. The molecule has 0 amide bonds. The van der Waals surface area contributed by atoms with Crippen LogP contribution < -0.4 is 5.32 Å². The monoisotopic (exact) mass is 364 g/mol. The lowest BCUT2D eigenvalue weighted by molar-refractivity contribution is -0.387. The van der Waals surface area contributed by atoms with E-state index in [1.807, 2.05) is 6.07 Å². The number of nitrogens with zero attached hydrogens (tertiary/aromatic N) is 3. The molecule has 1 N–H and O–H groups in total. The third-order valence-electron chi connectivity index (χ3n) is 2.89. The fourth-order valence-electron chi connectivity index (χ4n) is 1.86. The Bertz CT molecular complexity index is 789. The highest BCUT2D eigenvalue weighted by Gasteiger charge is 2.15. The molecule has 0 saturated carbocycles. The Morgan fingerprint density at radius 1 is 1.22 bits per heavy atom. The summed E-state index contributed by atoms with van der Waals surface area (Å²) in [5.74, 6) is 0. The van der Waals surface area contributed by atoms with Gasteiger partial charge in [0.15, 0.2) is 4.34 Å². The molecular weight excluding hydrogens is 352 g/mol. The van der Waals surface area contributed by atoms with Crippen molar-refractivity contribution >= 4 is 45.3 Å². The van der Waals surface area contributed by atoms with Gasteiger partial charge in [-0.25, -0.2) is 0 Å². The first-order valence-corrected chi connectivity index (χ1v) is 9.24. The maximum absolute atomic E-state index is 11.0. The van der Waals surface area contributed by atoms with Gasteiger partial charge in [0.2, 0.25) is 5.13 Å². The van der Waals surface area contributed by atoms with Gasteiger partial charge in [-0.05, 0) is 35.7 Å². The minimum atomic E-state index is -0.385. The third-order valence-corrected chi connectivity index (χ3v) is 5.83. The van der Waals surface area contributed by atoms with E-state index in [-0.39, 0.29) is 10.6 Å². The number of nitrogens with one attached hydrogen (secondary N) is 1. The molecule has 9 heteroatoms. The normalized spacial score (nSPS) is 10.6. The minimum absolute atomic E-state index is 0.0832. The molecule has 118 valence electrons. The molecular formula is C14H12N4O2S3. The zero-order chi connectivity index (χ0) is 16.1. The van der Waals surface area contributed by atoms with Crippen LogP contribution in [0.2, 0.25) is 0 Å². The number of anilines is 1. The van der Waals surface area contributed by atoms with E-state index in [2.05, 4.69) is 27.0 Å². The summed E-state index contributed by atoms with van der Waals surface area (Å²) in [6.07, 6.45) is 0.934. The molecule has 0 atom stereocenters.